The Balaban J connectivity index is 0.00000240. The van der Waals surface area contributed by atoms with Crippen LogP contribution >= 0.6 is 24.0 Å². The van der Waals surface area contributed by atoms with Gasteiger partial charge in [-0.25, -0.2) is 19.6 Å². The summed E-state index contributed by atoms with van der Waals surface area (Å²) < 4.78 is 7.59. The maximum atomic E-state index is 5.60. The maximum Gasteiger partial charge on any atom is 0.226 e. The van der Waals surface area contributed by atoms with Crippen LogP contribution in [-0.4, -0.2) is 32.3 Å². The monoisotopic (exact) mass is 507 g/mol. The maximum absolute atomic E-state index is 5.60. The number of nitrogens with one attached hydrogen (secondary N) is 2. The normalized spacial score (nSPS) is 16.1. The Morgan fingerprint density at radius 3 is 2.90 bits per heavy atom. The molecule has 0 saturated carbocycles. The lowest BCUT2D eigenvalue weighted by atomic mass is 10.1. The molecule has 0 saturated heterocycles. The van der Waals surface area contributed by atoms with E-state index in [4.69, 9.17) is 4.42 Å². The standard InChI is InChI=1S/C20H25N7O.HI/c1-3-21-20(25-17-10-7-11-27-18(17)23-14(2)26-27)22-12-16-13-28-19(24-16)15-8-5-4-6-9-15;/h4-6,8-9,13,17H,3,7,10-12H2,1-2H3,(H2,21,22,25);1H. The molecule has 0 spiro atoms. The molecule has 0 fully saturated rings. The average molecular weight is 507 g/mol. The summed E-state index contributed by atoms with van der Waals surface area (Å²) in [6.45, 7) is 6.11. The summed E-state index contributed by atoms with van der Waals surface area (Å²) in [5.74, 6) is 3.13. The molecule has 1 aliphatic rings. The summed E-state index contributed by atoms with van der Waals surface area (Å²) in [7, 11) is 0. The quantitative estimate of drug-likeness (QED) is 0.312. The lowest BCUT2D eigenvalue weighted by Gasteiger charge is -2.24. The molecular weight excluding hydrogens is 481 g/mol. The van der Waals surface area contributed by atoms with E-state index in [9.17, 15) is 0 Å². The molecule has 1 aromatic carbocycles. The van der Waals surface area contributed by atoms with Crippen LogP contribution in [0.25, 0.3) is 11.5 Å². The van der Waals surface area contributed by atoms with Crippen molar-refractivity contribution in [3.8, 4) is 11.5 Å². The van der Waals surface area contributed by atoms with Gasteiger partial charge < -0.3 is 15.1 Å². The Morgan fingerprint density at radius 1 is 1.28 bits per heavy atom. The van der Waals surface area contributed by atoms with E-state index in [2.05, 4.69) is 30.7 Å². The molecular formula is C20H26IN7O. The first-order chi connectivity index (χ1) is 13.7. The summed E-state index contributed by atoms with van der Waals surface area (Å²) in [4.78, 5) is 13.8. The third kappa shape index (κ3) is 5.14. The van der Waals surface area contributed by atoms with Crippen molar-refractivity contribution in [2.75, 3.05) is 6.54 Å². The second-order valence-corrected chi connectivity index (χ2v) is 6.78. The van der Waals surface area contributed by atoms with Gasteiger partial charge in [0.15, 0.2) is 5.96 Å². The van der Waals surface area contributed by atoms with Crippen LogP contribution < -0.4 is 10.6 Å². The van der Waals surface area contributed by atoms with Gasteiger partial charge in [-0.3, -0.25) is 0 Å². The van der Waals surface area contributed by atoms with E-state index in [1.807, 2.05) is 48.9 Å². The topological polar surface area (TPSA) is 93.2 Å². The van der Waals surface area contributed by atoms with Gasteiger partial charge in [0.25, 0.3) is 0 Å². The highest BCUT2D eigenvalue weighted by molar-refractivity contribution is 14.0. The summed E-state index contributed by atoms with van der Waals surface area (Å²) in [5, 5.41) is 11.3. The molecule has 0 aliphatic carbocycles. The number of fused-ring (bicyclic) bond motifs is 1. The fourth-order valence-corrected chi connectivity index (χ4v) is 3.34. The van der Waals surface area contributed by atoms with Crippen LogP contribution in [0.4, 0.5) is 0 Å². The lowest BCUT2D eigenvalue weighted by Crippen LogP contribution is -2.41. The van der Waals surface area contributed by atoms with Crippen molar-refractivity contribution in [3.63, 3.8) is 0 Å². The van der Waals surface area contributed by atoms with Crippen LogP contribution in [0.2, 0.25) is 0 Å². The van der Waals surface area contributed by atoms with Crippen molar-refractivity contribution < 1.29 is 4.42 Å². The van der Waals surface area contributed by atoms with Gasteiger partial charge in [0.2, 0.25) is 5.89 Å². The molecule has 1 aliphatic heterocycles. The van der Waals surface area contributed by atoms with E-state index in [0.29, 0.717) is 12.4 Å². The van der Waals surface area contributed by atoms with Gasteiger partial charge in [0.1, 0.15) is 23.6 Å². The second-order valence-electron chi connectivity index (χ2n) is 6.78. The van der Waals surface area contributed by atoms with Crippen molar-refractivity contribution in [2.24, 2.45) is 4.99 Å². The van der Waals surface area contributed by atoms with Crippen LogP contribution in [0.5, 0.6) is 0 Å². The molecule has 8 nitrogen and oxygen atoms in total. The first-order valence-corrected chi connectivity index (χ1v) is 9.69. The van der Waals surface area contributed by atoms with E-state index in [0.717, 1.165) is 54.8 Å². The molecule has 1 atom stereocenters. The van der Waals surface area contributed by atoms with Crippen LogP contribution in [-0.2, 0) is 13.1 Å². The van der Waals surface area contributed by atoms with Gasteiger partial charge in [0, 0.05) is 18.7 Å². The number of hydrogen-bond donors (Lipinski definition) is 2. The Morgan fingerprint density at radius 2 is 2.10 bits per heavy atom. The van der Waals surface area contributed by atoms with Crippen LogP contribution in [0.1, 0.15) is 43.1 Å². The Bertz CT molecular complexity index is 951. The first kappa shape index (κ1) is 21.3. The fraction of sp³-hybridized carbons (Fsp3) is 0.400. The minimum absolute atomic E-state index is 0. The summed E-state index contributed by atoms with van der Waals surface area (Å²) in [6, 6.07) is 9.96. The van der Waals surface area contributed by atoms with Gasteiger partial charge in [-0.05, 0) is 38.8 Å². The predicted octanol–water partition coefficient (Wildman–Crippen LogP) is 3.45. The Hall–Kier alpha value is -2.43. The molecule has 3 aromatic rings. The third-order valence-electron chi connectivity index (χ3n) is 4.61. The smallest absolute Gasteiger partial charge is 0.226 e. The van der Waals surface area contributed by atoms with E-state index < -0.39 is 0 Å². The molecule has 0 amide bonds. The molecule has 4 rings (SSSR count). The molecule has 154 valence electrons. The van der Waals surface area contributed by atoms with E-state index in [1.54, 1.807) is 6.26 Å². The summed E-state index contributed by atoms with van der Waals surface area (Å²) >= 11 is 0. The number of aromatic nitrogens is 4. The highest BCUT2D eigenvalue weighted by Gasteiger charge is 2.24. The number of aliphatic imine (C=N–C) groups is 1. The zero-order chi connectivity index (χ0) is 19.3. The lowest BCUT2D eigenvalue weighted by molar-refractivity contribution is 0.397. The highest BCUT2D eigenvalue weighted by Crippen LogP contribution is 2.23. The van der Waals surface area contributed by atoms with Crippen molar-refractivity contribution in [3.05, 3.63) is 53.9 Å². The number of nitrogens with zero attached hydrogens (tertiary/aromatic N) is 5. The van der Waals surface area contributed by atoms with Crippen molar-refractivity contribution >= 4 is 29.9 Å². The molecule has 0 radical (unpaired) electrons. The van der Waals surface area contributed by atoms with Gasteiger partial charge in [-0.15, -0.1) is 24.0 Å². The largest absolute Gasteiger partial charge is 0.444 e. The predicted molar refractivity (Wildman–Crippen MR) is 122 cm³/mol. The number of guanidine groups is 1. The Labute approximate surface area is 187 Å². The third-order valence-corrected chi connectivity index (χ3v) is 4.61. The molecule has 2 N–H and O–H groups in total. The molecule has 0 bridgehead atoms. The van der Waals surface area contributed by atoms with Gasteiger partial charge in [-0.1, -0.05) is 18.2 Å². The number of halogens is 1. The molecule has 3 heterocycles. The number of oxazole rings is 1. The van der Waals surface area contributed by atoms with E-state index >= 15 is 0 Å². The SMILES string of the molecule is CCNC(=NCc1coc(-c2ccccc2)n1)NC1CCCn2nc(C)nc21.I. The second kappa shape index (κ2) is 9.86. The molecule has 2 aromatic heterocycles. The van der Waals surface area contributed by atoms with Crippen molar-refractivity contribution in [1.82, 2.24) is 30.4 Å². The van der Waals surface area contributed by atoms with Gasteiger partial charge >= 0.3 is 0 Å². The summed E-state index contributed by atoms with van der Waals surface area (Å²) in [6.07, 6.45) is 3.73. The minimum Gasteiger partial charge on any atom is -0.444 e. The molecule has 9 heteroatoms. The minimum atomic E-state index is 0. The summed E-state index contributed by atoms with van der Waals surface area (Å²) in [5.41, 5.74) is 1.75. The van der Waals surface area contributed by atoms with Crippen LogP contribution in [0, 0.1) is 6.92 Å². The fourth-order valence-electron chi connectivity index (χ4n) is 3.34. The molecule has 29 heavy (non-hydrogen) atoms. The Kier molecular flexibility index (Phi) is 7.24. The zero-order valence-corrected chi connectivity index (χ0v) is 19.0. The van der Waals surface area contributed by atoms with Gasteiger partial charge in [-0.2, -0.15) is 5.10 Å². The average Bonchev–Trinajstić information content (AvgIpc) is 3.33. The van der Waals surface area contributed by atoms with Crippen molar-refractivity contribution in [2.45, 2.75) is 45.8 Å². The zero-order valence-electron chi connectivity index (χ0n) is 16.6. The highest BCUT2D eigenvalue weighted by atomic mass is 127. The van der Waals surface area contributed by atoms with E-state index in [1.165, 1.54) is 0 Å². The van der Waals surface area contributed by atoms with Crippen LogP contribution in [0.15, 0.2) is 46.0 Å². The number of benzene rings is 1. The van der Waals surface area contributed by atoms with E-state index in [-0.39, 0.29) is 30.0 Å². The van der Waals surface area contributed by atoms with Gasteiger partial charge in [0.05, 0.1) is 12.6 Å². The number of rotatable bonds is 5. The van der Waals surface area contributed by atoms with Crippen molar-refractivity contribution in [1.29, 1.82) is 0 Å². The number of aryl methyl sites for hydroxylation is 2. The first-order valence-electron chi connectivity index (χ1n) is 9.69. The molecule has 1 unspecified atom stereocenters. The number of hydrogen-bond acceptors (Lipinski definition) is 5. The van der Waals surface area contributed by atoms with Crippen LogP contribution in [0.3, 0.4) is 0 Å².